The average molecular weight is 423 g/mol. The predicted molar refractivity (Wildman–Crippen MR) is 112 cm³/mol. The van der Waals surface area contributed by atoms with Gasteiger partial charge in [0.2, 0.25) is 5.91 Å². The van der Waals surface area contributed by atoms with Crippen LogP contribution in [0.25, 0.3) is 0 Å². The van der Waals surface area contributed by atoms with E-state index < -0.39 is 11.3 Å². The van der Waals surface area contributed by atoms with Crippen LogP contribution in [0, 0.1) is 23.2 Å². The van der Waals surface area contributed by atoms with Gasteiger partial charge in [0.05, 0.1) is 18.4 Å². The van der Waals surface area contributed by atoms with Crippen LogP contribution < -0.4 is 5.32 Å². The first-order valence-corrected chi connectivity index (χ1v) is 7.01. The largest absolute Gasteiger partial charge is 0.469 e. The molecule has 5 nitrogen and oxygen atoms in total. The van der Waals surface area contributed by atoms with Gasteiger partial charge >= 0.3 is 5.97 Å². The fourth-order valence-corrected chi connectivity index (χ4v) is 2.34. The molecule has 3 unspecified atom stereocenters. The summed E-state index contributed by atoms with van der Waals surface area (Å²) in [6, 6.07) is 0. The Morgan fingerprint density at radius 3 is 1.69 bits per heavy atom. The molecule has 0 bridgehead atoms. The summed E-state index contributed by atoms with van der Waals surface area (Å²) in [5, 5.41) is 2.62. The van der Waals surface area contributed by atoms with Gasteiger partial charge in [-0.25, -0.2) is 0 Å². The number of methoxy groups -OCH3 is 2. The number of esters is 1. The summed E-state index contributed by atoms with van der Waals surface area (Å²) >= 11 is 0. The fraction of sp³-hybridized carbons (Fsp3) is 0.900. The third kappa shape index (κ3) is 12.7. The first-order valence-electron chi connectivity index (χ1n) is 7.01. The van der Waals surface area contributed by atoms with E-state index in [0.717, 1.165) is 0 Å². The van der Waals surface area contributed by atoms with Crippen LogP contribution in [0.2, 0.25) is 0 Å². The number of hydrogen-bond acceptors (Lipinski definition) is 4. The molecule has 0 spiro atoms. The van der Waals surface area contributed by atoms with Crippen LogP contribution in [0.4, 0.5) is 0 Å². The summed E-state index contributed by atoms with van der Waals surface area (Å²) < 4.78 is 10.0. The zero-order chi connectivity index (χ0) is 15.9. The number of rotatable bonds is 8. The molecule has 0 aromatic heterocycles. The van der Waals surface area contributed by atoms with Crippen LogP contribution in [-0.4, -0.2) is 39.8 Å². The van der Waals surface area contributed by atoms with E-state index in [-0.39, 0.29) is 72.0 Å². The zero-order valence-corrected chi connectivity index (χ0v) is 15.2. The summed E-state index contributed by atoms with van der Waals surface area (Å²) in [5.41, 5.74) is -0.803. The molecule has 166 valence electrons. The van der Waals surface area contributed by atoms with Crippen LogP contribution >= 0.6 is 0 Å². The number of nitrogens with one attached hydrogen (secondary N) is 1. The molecule has 6 heteroatoms. The smallest absolute Gasteiger partial charge is 0.309 e. The van der Waals surface area contributed by atoms with Gasteiger partial charge in [0.25, 0.3) is 0 Å². The van der Waals surface area contributed by atoms with Crippen LogP contribution in [0.1, 0.15) is 71.2 Å². The maximum absolute atomic E-state index is 12.1. The molecule has 26 heavy (non-hydrogen) atoms. The van der Waals surface area contributed by atoms with Gasteiger partial charge in [-0.1, -0.05) is 64.8 Å². The zero-order valence-electron chi connectivity index (χ0n) is 14.1. The van der Waals surface area contributed by atoms with E-state index in [4.69, 9.17) is 9.47 Å². The SMILES string of the molecule is C.C.C.C.C.CNC(=O)C(C)(C)C(CC(C)C(C)COC)C(=O)OC.[Fe]. The maximum Gasteiger partial charge on any atom is 0.309 e. The Labute approximate surface area is 175 Å². The Balaban J connectivity index is -0.000000120. The van der Waals surface area contributed by atoms with Crippen LogP contribution in [0.5, 0.6) is 0 Å². The molecule has 0 aliphatic rings. The van der Waals surface area contributed by atoms with E-state index in [1.165, 1.54) is 7.11 Å². The number of carbonyl (C=O) groups is 2. The van der Waals surface area contributed by atoms with Crippen LogP contribution in [0.15, 0.2) is 0 Å². The topological polar surface area (TPSA) is 64.6 Å². The van der Waals surface area contributed by atoms with Crippen molar-refractivity contribution in [3.63, 3.8) is 0 Å². The van der Waals surface area contributed by atoms with E-state index in [1.54, 1.807) is 28.0 Å². The molecule has 3 atom stereocenters. The van der Waals surface area contributed by atoms with Crippen molar-refractivity contribution in [2.45, 2.75) is 71.2 Å². The molecule has 0 heterocycles. The van der Waals surface area contributed by atoms with E-state index >= 15 is 0 Å². The summed E-state index contributed by atoms with van der Waals surface area (Å²) in [4.78, 5) is 24.1. The van der Waals surface area contributed by atoms with Gasteiger partial charge in [-0.2, -0.15) is 0 Å². The Hall–Kier alpha value is -0.581. The molecule has 0 fully saturated rings. The van der Waals surface area contributed by atoms with E-state index in [9.17, 15) is 9.59 Å². The van der Waals surface area contributed by atoms with Gasteiger partial charge < -0.3 is 14.8 Å². The maximum atomic E-state index is 12.1. The Morgan fingerprint density at radius 2 is 1.38 bits per heavy atom. The van der Waals surface area contributed by atoms with Gasteiger partial charge in [-0.3, -0.25) is 9.59 Å². The first kappa shape index (κ1) is 44.7. The fourth-order valence-electron chi connectivity index (χ4n) is 2.34. The molecular weight excluding hydrogens is 374 g/mol. The van der Waals surface area contributed by atoms with Crippen molar-refractivity contribution in [3.8, 4) is 0 Å². The Morgan fingerprint density at radius 1 is 0.962 bits per heavy atom. The minimum Gasteiger partial charge on any atom is -0.469 e. The minimum atomic E-state index is -0.803. The second kappa shape index (κ2) is 20.7. The van der Waals surface area contributed by atoms with Crippen molar-refractivity contribution < 1.29 is 36.1 Å². The average Bonchev–Trinajstić information content (AvgIpc) is 2.42. The van der Waals surface area contributed by atoms with Crippen molar-refractivity contribution >= 4 is 11.9 Å². The molecule has 0 rings (SSSR count). The summed E-state index contributed by atoms with van der Waals surface area (Å²) in [7, 11) is 4.60. The van der Waals surface area contributed by atoms with Crippen molar-refractivity contribution in [1.29, 1.82) is 0 Å². The number of amides is 1. The van der Waals surface area contributed by atoms with Gasteiger partial charge in [0.15, 0.2) is 0 Å². The third-order valence-corrected chi connectivity index (χ3v) is 4.18. The van der Waals surface area contributed by atoms with Crippen molar-refractivity contribution in [2.75, 3.05) is 27.9 Å². The van der Waals surface area contributed by atoms with Crippen molar-refractivity contribution in [1.82, 2.24) is 5.32 Å². The molecule has 0 aromatic rings. The quantitative estimate of drug-likeness (QED) is 0.439. The first-order chi connectivity index (χ1) is 9.22. The molecule has 0 aliphatic carbocycles. The molecule has 0 aromatic carbocycles. The van der Waals surface area contributed by atoms with E-state index in [1.807, 2.05) is 0 Å². The second-order valence-electron chi connectivity index (χ2n) is 6.02. The molecule has 0 aliphatic heterocycles. The molecule has 0 radical (unpaired) electrons. The van der Waals surface area contributed by atoms with Crippen LogP contribution in [0.3, 0.4) is 0 Å². The third-order valence-electron chi connectivity index (χ3n) is 4.18. The molecule has 0 saturated carbocycles. The van der Waals surface area contributed by atoms with Gasteiger partial charge in [-0.05, 0) is 18.3 Å². The number of hydrogen-bond donors (Lipinski definition) is 1. The van der Waals surface area contributed by atoms with Gasteiger partial charge in [0, 0.05) is 37.8 Å². The number of carbonyl (C=O) groups excluding carboxylic acids is 2. The van der Waals surface area contributed by atoms with E-state index in [0.29, 0.717) is 18.9 Å². The Bertz CT molecular complexity index is 336. The molecular formula is C20H49FeNO4. The summed E-state index contributed by atoms with van der Waals surface area (Å²) in [6.07, 6.45) is 0.595. The van der Waals surface area contributed by atoms with Crippen molar-refractivity contribution in [2.24, 2.45) is 23.2 Å². The molecule has 0 saturated heterocycles. The van der Waals surface area contributed by atoms with Crippen molar-refractivity contribution in [3.05, 3.63) is 0 Å². The van der Waals surface area contributed by atoms with Crippen LogP contribution in [-0.2, 0) is 36.1 Å². The number of ether oxygens (including phenoxy) is 2. The van der Waals surface area contributed by atoms with E-state index in [2.05, 4.69) is 19.2 Å². The monoisotopic (exact) mass is 423 g/mol. The normalized spacial score (nSPS) is 12.4. The molecule has 1 amide bonds. The van der Waals surface area contributed by atoms with Gasteiger partial charge in [-0.15, -0.1) is 0 Å². The summed E-state index contributed by atoms with van der Waals surface area (Å²) in [6.45, 7) is 8.34. The molecule has 1 N–H and O–H groups in total. The standard InChI is InChI=1S/C15H29NO4.5CH4.Fe/c1-10(11(2)9-19-6)8-12(13(17)20-7)15(3,4)14(18)16-5;;;;;;/h10-12H,8-9H2,1-7H3,(H,16,18);5*1H4;. The summed E-state index contributed by atoms with van der Waals surface area (Å²) in [5.74, 6) is -0.396. The van der Waals surface area contributed by atoms with Gasteiger partial charge in [0.1, 0.15) is 0 Å². The second-order valence-corrected chi connectivity index (χ2v) is 6.02. The minimum absolute atomic E-state index is 0. The Kier molecular flexibility index (Phi) is 35.6. The predicted octanol–water partition coefficient (Wildman–Crippen LogP) is 5.03.